The number of aromatic hydroxyl groups is 1. The molecule has 2 heterocycles. The molecule has 33 heavy (non-hydrogen) atoms. The first-order valence-electron chi connectivity index (χ1n) is 10.0. The lowest BCUT2D eigenvalue weighted by Gasteiger charge is -2.19. The second kappa shape index (κ2) is 9.79. The van der Waals surface area contributed by atoms with E-state index in [9.17, 15) is 28.2 Å². The summed E-state index contributed by atoms with van der Waals surface area (Å²) in [6, 6.07) is 7.22. The minimum Gasteiger partial charge on any atom is -0.507 e. The van der Waals surface area contributed by atoms with Crippen molar-refractivity contribution in [3.63, 3.8) is 0 Å². The van der Waals surface area contributed by atoms with Gasteiger partial charge in [0.2, 0.25) is 0 Å². The zero-order valence-electron chi connectivity index (χ0n) is 17.2. The highest BCUT2D eigenvalue weighted by atomic mass is 35.5. The zero-order valence-corrected chi connectivity index (χ0v) is 19.5. The molecule has 1 fully saturated rings. The summed E-state index contributed by atoms with van der Waals surface area (Å²) in [4.78, 5) is 17.8. The molecule has 0 bridgehead atoms. The minimum atomic E-state index is -4.59. The number of aromatic amines is 1. The number of nitrogens with one attached hydrogen (secondary N) is 1. The van der Waals surface area contributed by atoms with Crippen molar-refractivity contribution in [2.24, 2.45) is 0 Å². The molecular formula is C22H20ClF3N2O3S2. The number of β-amino-alcohol motifs (C(OH)–C–C–N with tert-alkyl or cyclic N) is 1. The maximum Gasteiger partial charge on any atom is 0.416 e. The Morgan fingerprint density at radius 1 is 1.24 bits per heavy atom. The third-order valence-electron chi connectivity index (χ3n) is 5.24. The maximum atomic E-state index is 13.4. The fourth-order valence-corrected chi connectivity index (χ4v) is 5.88. The molecule has 0 radical (unpaired) electrons. The standard InChI is InChI=1S/C22H20ClF3N2O3S2/c23-13-2-4-18(30)16(8-13)19-15-7-12(22(24,25)26)1-3-17(15)27-21(31)20(19)33-10-14(29)9-28-5-6-32-11-28/h1-4,7-8,14,29-30H,5-6,9-11H2,(H,27,31). The summed E-state index contributed by atoms with van der Waals surface area (Å²) >= 11 is 8.91. The van der Waals surface area contributed by atoms with E-state index in [1.807, 2.05) is 0 Å². The molecular weight excluding hydrogens is 497 g/mol. The Hall–Kier alpha value is -1.85. The van der Waals surface area contributed by atoms with Gasteiger partial charge in [0.05, 0.1) is 16.6 Å². The van der Waals surface area contributed by atoms with Crippen LogP contribution in [-0.2, 0) is 6.18 Å². The SMILES string of the molecule is O=c1[nH]c2ccc(C(F)(F)F)cc2c(-c2cc(Cl)ccc2O)c1SCC(O)CN1CCSC1. The van der Waals surface area contributed by atoms with E-state index >= 15 is 0 Å². The highest BCUT2D eigenvalue weighted by Crippen LogP contribution is 2.42. The van der Waals surface area contributed by atoms with Crippen LogP contribution in [0, 0.1) is 0 Å². The van der Waals surface area contributed by atoms with Crippen LogP contribution in [-0.4, -0.2) is 56.7 Å². The van der Waals surface area contributed by atoms with Gasteiger partial charge in [-0.3, -0.25) is 9.69 Å². The molecule has 1 aliphatic rings. The molecule has 176 valence electrons. The third kappa shape index (κ3) is 5.46. The number of aromatic nitrogens is 1. The first-order chi connectivity index (χ1) is 15.6. The topological polar surface area (TPSA) is 76.6 Å². The van der Waals surface area contributed by atoms with E-state index in [0.29, 0.717) is 6.54 Å². The number of rotatable bonds is 6. The van der Waals surface area contributed by atoms with E-state index in [4.69, 9.17) is 11.6 Å². The quantitative estimate of drug-likeness (QED) is 0.399. The molecule has 3 N–H and O–H groups in total. The monoisotopic (exact) mass is 516 g/mol. The Balaban J connectivity index is 1.82. The number of phenols is 1. The van der Waals surface area contributed by atoms with Crippen LogP contribution in [0.4, 0.5) is 13.2 Å². The average Bonchev–Trinajstić information content (AvgIpc) is 3.25. The predicted molar refractivity (Wildman–Crippen MR) is 127 cm³/mol. The molecule has 5 nitrogen and oxygen atoms in total. The van der Waals surface area contributed by atoms with E-state index in [-0.39, 0.29) is 43.5 Å². The van der Waals surface area contributed by atoms with Gasteiger partial charge in [-0.2, -0.15) is 13.2 Å². The first-order valence-corrected chi connectivity index (χ1v) is 12.5. The van der Waals surface area contributed by atoms with Crippen molar-refractivity contribution in [2.75, 3.05) is 30.5 Å². The van der Waals surface area contributed by atoms with Gasteiger partial charge in [-0.15, -0.1) is 23.5 Å². The van der Waals surface area contributed by atoms with Gasteiger partial charge in [0, 0.05) is 57.5 Å². The molecule has 1 unspecified atom stereocenters. The molecule has 0 amide bonds. The van der Waals surface area contributed by atoms with Gasteiger partial charge in [-0.05, 0) is 36.4 Å². The Kier molecular flexibility index (Phi) is 7.20. The largest absolute Gasteiger partial charge is 0.507 e. The van der Waals surface area contributed by atoms with Gasteiger partial charge < -0.3 is 15.2 Å². The fourth-order valence-electron chi connectivity index (χ4n) is 3.69. The molecule has 0 spiro atoms. The molecule has 1 aliphatic heterocycles. The van der Waals surface area contributed by atoms with Gasteiger partial charge >= 0.3 is 6.18 Å². The Morgan fingerprint density at radius 3 is 2.73 bits per heavy atom. The van der Waals surface area contributed by atoms with Crippen molar-refractivity contribution in [2.45, 2.75) is 17.2 Å². The predicted octanol–water partition coefficient (Wildman–Crippen LogP) is 5.03. The first kappa shape index (κ1) is 24.3. The minimum absolute atomic E-state index is 0.106. The molecule has 1 atom stereocenters. The summed E-state index contributed by atoms with van der Waals surface area (Å²) in [6.45, 7) is 1.30. The lowest BCUT2D eigenvalue weighted by atomic mass is 9.98. The number of pyridine rings is 1. The average molecular weight is 517 g/mol. The number of hydrogen-bond acceptors (Lipinski definition) is 6. The van der Waals surface area contributed by atoms with Crippen LogP contribution >= 0.6 is 35.1 Å². The van der Waals surface area contributed by atoms with Crippen molar-refractivity contribution in [3.05, 3.63) is 57.3 Å². The van der Waals surface area contributed by atoms with Gasteiger partial charge in [0.1, 0.15) is 5.75 Å². The van der Waals surface area contributed by atoms with Crippen molar-refractivity contribution in [1.29, 1.82) is 0 Å². The summed E-state index contributed by atoms with van der Waals surface area (Å²) in [7, 11) is 0. The number of aliphatic hydroxyl groups is 1. The number of H-pyrrole nitrogens is 1. The van der Waals surface area contributed by atoms with Crippen molar-refractivity contribution >= 4 is 46.0 Å². The number of alkyl halides is 3. The molecule has 1 aromatic heterocycles. The smallest absolute Gasteiger partial charge is 0.416 e. The second-order valence-electron chi connectivity index (χ2n) is 7.66. The van der Waals surface area contributed by atoms with Crippen molar-refractivity contribution < 1.29 is 23.4 Å². The molecule has 0 aliphatic carbocycles. The zero-order chi connectivity index (χ0) is 23.8. The number of hydrogen-bond donors (Lipinski definition) is 3. The van der Waals surface area contributed by atoms with E-state index in [1.165, 1.54) is 24.3 Å². The van der Waals surface area contributed by atoms with E-state index in [2.05, 4.69) is 9.88 Å². The van der Waals surface area contributed by atoms with Crippen LogP contribution in [0.2, 0.25) is 5.02 Å². The summed E-state index contributed by atoms with van der Waals surface area (Å²) in [6.07, 6.45) is -5.33. The lowest BCUT2D eigenvalue weighted by molar-refractivity contribution is -0.137. The van der Waals surface area contributed by atoms with Crippen molar-refractivity contribution in [3.8, 4) is 16.9 Å². The van der Waals surface area contributed by atoms with Gasteiger partial charge in [-0.1, -0.05) is 11.6 Å². The number of phenolic OH excluding ortho intramolecular Hbond substituents is 1. The number of thioether (sulfide) groups is 2. The Labute approximate surface area is 200 Å². The summed E-state index contributed by atoms with van der Waals surface area (Å²) in [5.74, 6) is 1.74. The van der Waals surface area contributed by atoms with Crippen LogP contribution in [0.3, 0.4) is 0 Å². The molecule has 11 heteroatoms. The molecule has 2 aromatic carbocycles. The number of aliphatic hydroxyl groups excluding tert-OH is 1. The summed E-state index contributed by atoms with van der Waals surface area (Å²) in [5, 5.41) is 21.4. The highest BCUT2D eigenvalue weighted by molar-refractivity contribution is 7.99. The maximum absolute atomic E-state index is 13.4. The van der Waals surface area contributed by atoms with Crippen LogP contribution < -0.4 is 5.56 Å². The van der Waals surface area contributed by atoms with E-state index < -0.39 is 23.4 Å². The second-order valence-corrected chi connectivity index (χ2v) is 10.2. The van der Waals surface area contributed by atoms with Gasteiger partial charge in [-0.25, -0.2) is 0 Å². The van der Waals surface area contributed by atoms with Crippen molar-refractivity contribution in [1.82, 2.24) is 9.88 Å². The van der Waals surface area contributed by atoms with Crippen LogP contribution in [0.1, 0.15) is 5.56 Å². The number of fused-ring (bicyclic) bond motifs is 1. The Bertz CT molecular complexity index is 1230. The summed E-state index contributed by atoms with van der Waals surface area (Å²) < 4.78 is 40.3. The summed E-state index contributed by atoms with van der Waals surface area (Å²) in [5.41, 5.74) is -0.918. The fraction of sp³-hybridized carbons (Fsp3) is 0.318. The molecule has 3 aromatic rings. The highest BCUT2D eigenvalue weighted by Gasteiger charge is 2.31. The van der Waals surface area contributed by atoms with Crippen LogP contribution in [0.5, 0.6) is 5.75 Å². The number of nitrogens with zero attached hydrogens (tertiary/aromatic N) is 1. The number of benzene rings is 2. The third-order valence-corrected chi connectivity index (χ3v) is 7.72. The van der Waals surface area contributed by atoms with Crippen LogP contribution in [0.15, 0.2) is 46.1 Å². The van der Waals surface area contributed by atoms with Crippen LogP contribution in [0.25, 0.3) is 22.0 Å². The molecule has 4 rings (SSSR count). The van der Waals surface area contributed by atoms with E-state index in [1.54, 1.807) is 11.8 Å². The molecule has 1 saturated heterocycles. The molecule has 0 saturated carbocycles. The van der Waals surface area contributed by atoms with Gasteiger partial charge in [0.25, 0.3) is 5.56 Å². The normalized spacial score (nSPS) is 15.9. The Morgan fingerprint density at radius 2 is 2.03 bits per heavy atom. The van der Waals surface area contributed by atoms with Gasteiger partial charge in [0.15, 0.2) is 0 Å². The number of halogens is 4. The van der Waals surface area contributed by atoms with E-state index in [0.717, 1.165) is 42.1 Å². The lowest BCUT2D eigenvalue weighted by Crippen LogP contribution is -2.31.